The average Bonchev–Trinajstić information content (AvgIpc) is 2.91. The molecular weight excluding hydrogens is 460 g/mol. The fraction of sp³-hybridized carbons (Fsp3) is 0.769. The zero-order chi connectivity index (χ0) is 27.5. The van der Waals surface area contributed by atoms with E-state index in [1.54, 1.807) is 0 Å². The lowest BCUT2D eigenvalue weighted by Crippen LogP contribution is -2.25. The third-order valence-corrected chi connectivity index (χ3v) is 6.20. The highest BCUT2D eigenvalue weighted by atomic mass is 16.4. The van der Waals surface area contributed by atoms with Gasteiger partial charge in [0.2, 0.25) is 0 Å². The quantitative estimate of drug-likeness (QED) is 0.385. The number of carboxylic acid groups (broad SMARTS) is 2. The van der Waals surface area contributed by atoms with E-state index in [0.717, 1.165) is 25.7 Å². The second-order valence-electron chi connectivity index (χ2n) is 9.69. The van der Waals surface area contributed by atoms with E-state index in [0.29, 0.717) is 11.8 Å². The fourth-order valence-electron chi connectivity index (χ4n) is 3.64. The van der Waals surface area contributed by atoms with Crippen molar-refractivity contribution in [2.75, 3.05) is 0 Å². The highest BCUT2D eigenvalue weighted by molar-refractivity contribution is 5.67. The fourth-order valence-corrected chi connectivity index (χ4v) is 3.64. The minimum Gasteiger partial charge on any atom is -0.481 e. The molecule has 2 rings (SSSR count). The lowest BCUT2D eigenvalue weighted by molar-refractivity contribution is -0.138. The van der Waals surface area contributed by atoms with Gasteiger partial charge in [0.1, 0.15) is 0 Å². The van der Waals surface area contributed by atoms with E-state index in [1.165, 1.54) is 52.4 Å². The Balaban J connectivity index is 0.000000616. The first-order valence-electron chi connectivity index (χ1n) is 12.5. The van der Waals surface area contributed by atoms with Crippen LogP contribution in [0.5, 0.6) is 0 Å². The molecule has 2 aliphatic carbocycles. The van der Waals surface area contributed by atoms with Gasteiger partial charge in [-0.3, -0.25) is 9.59 Å². The van der Waals surface area contributed by atoms with Crippen LogP contribution in [0.1, 0.15) is 104 Å². The van der Waals surface area contributed by atoms with Gasteiger partial charge < -0.3 is 10.2 Å². The van der Waals surface area contributed by atoms with Crippen molar-refractivity contribution in [1.82, 2.24) is 0 Å². The minimum atomic E-state index is -1.35. The van der Waals surface area contributed by atoms with Crippen molar-refractivity contribution in [3.8, 4) is 24.3 Å². The summed E-state index contributed by atoms with van der Waals surface area (Å²) in [5, 5.41) is 59.6. The number of carboxylic acids is 2. The van der Waals surface area contributed by atoms with E-state index in [9.17, 15) is 9.59 Å². The topological polar surface area (TPSA) is 194 Å². The Morgan fingerprint density at radius 3 is 1.19 bits per heavy atom. The maximum Gasteiger partial charge on any atom is 0.303 e. The lowest BCUT2D eigenvalue weighted by atomic mass is 9.91. The van der Waals surface area contributed by atoms with Gasteiger partial charge in [0.05, 0.1) is 24.3 Å². The van der Waals surface area contributed by atoms with Crippen molar-refractivity contribution in [2.45, 2.75) is 115 Å². The van der Waals surface area contributed by atoms with Gasteiger partial charge in [-0.15, -0.1) is 0 Å². The largest absolute Gasteiger partial charge is 0.481 e. The highest BCUT2D eigenvalue weighted by Gasteiger charge is 2.29. The molecule has 2 saturated carbocycles. The van der Waals surface area contributed by atoms with E-state index in [2.05, 4.69) is 22.4 Å². The third-order valence-electron chi connectivity index (χ3n) is 6.20. The van der Waals surface area contributed by atoms with Crippen molar-refractivity contribution < 1.29 is 19.8 Å². The molecule has 0 spiro atoms. The van der Waals surface area contributed by atoms with Gasteiger partial charge in [-0.1, -0.05) is 38.5 Å². The number of nitriles is 4. The number of hydrogen-bond acceptors (Lipinski definition) is 8. The molecule has 0 saturated heterocycles. The Kier molecular flexibility index (Phi) is 16.1. The van der Waals surface area contributed by atoms with Gasteiger partial charge in [0, 0.05) is 24.7 Å². The predicted molar refractivity (Wildman–Crippen MR) is 131 cm³/mol. The molecule has 0 radical (unpaired) electrons. The Bertz CT molecular complexity index is 810. The SMILES string of the molecule is CC(C#N)(CCC(=O)O)N=NC(C)(C#N)CCC(=O)O.N#CC1CCCCC1.N#CC1CCCCC1. The zero-order valence-corrected chi connectivity index (χ0v) is 21.4. The lowest BCUT2D eigenvalue weighted by Gasteiger charge is -2.18. The number of azo groups is 1. The molecule has 0 bridgehead atoms. The second kappa shape index (κ2) is 17.9. The number of hydrogen-bond donors (Lipinski definition) is 2. The Morgan fingerprint density at radius 1 is 0.694 bits per heavy atom. The predicted octanol–water partition coefficient (Wildman–Crippen LogP) is 5.91. The molecule has 0 heterocycles. The van der Waals surface area contributed by atoms with Crippen molar-refractivity contribution in [1.29, 1.82) is 21.0 Å². The summed E-state index contributed by atoms with van der Waals surface area (Å²) < 4.78 is 0. The number of aliphatic carboxylic acids is 2. The zero-order valence-electron chi connectivity index (χ0n) is 21.4. The normalized spacial score (nSPS) is 19.2. The van der Waals surface area contributed by atoms with Crippen LogP contribution < -0.4 is 0 Å². The standard InChI is InChI=1S/C12H16N4O4.2C7H11N/c1-11(7-13,5-3-9(17)18)15-16-12(2,8-14)6-4-10(19)20;2*8-6-7-4-2-1-3-5-7/h3-6H2,1-2H3,(H,17,18)(H,19,20);2*7H,1-5H2. The molecule has 0 amide bonds. The molecule has 2 fully saturated rings. The molecule has 0 aromatic carbocycles. The third kappa shape index (κ3) is 15.4. The molecule has 36 heavy (non-hydrogen) atoms. The van der Waals surface area contributed by atoms with Crippen LogP contribution in [0.3, 0.4) is 0 Å². The number of carbonyl (C=O) groups is 2. The molecule has 0 aromatic rings. The number of nitrogens with zero attached hydrogens (tertiary/aromatic N) is 6. The summed E-state index contributed by atoms with van der Waals surface area (Å²) in [6.07, 6.45) is 11.8. The summed E-state index contributed by atoms with van der Waals surface area (Å²) in [6, 6.07) is 8.30. The van der Waals surface area contributed by atoms with Crippen LogP contribution in [-0.4, -0.2) is 33.2 Å². The molecule has 10 heteroatoms. The first kappa shape index (κ1) is 32.5. The van der Waals surface area contributed by atoms with Gasteiger partial charge in [0.15, 0.2) is 11.1 Å². The van der Waals surface area contributed by atoms with Gasteiger partial charge in [-0.05, 0) is 52.4 Å². The van der Waals surface area contributed by atoms with Gasteiger partial charge in [-0.2, -0.15) is 31.3 Å². The van der Waals surface area contributed by atoms with Crippen LogP contribution in [0, 0.1) is 57.2 Å². The van der Waals surface area contributed by atoms with Crippen molar-refractivity contribution in [2.24, 2.45) is 22.1 Å². The second-order valence-corrected chi connectivity index (χ2v) is 9.69. The summed E-state index contributed by atoms with van der Waals surface area (Å²) in [5.74, 6) is -1.33. The van der Waals surface area contributed by atoms with Crippen molar-refractivity contribution in [3.63, 3.8) is 0 Å². The smallest absolute Gasteiger partial charge is 0.303 e. The summed E-state index contributed by atoms with van der Waals surface area (Å²) >= 11 is 0. The van der Waals surface area contributed by atoms with Crippen LogP contribution >= 0.6 is 0 Å². The maximum atomic E-state index is 10.5. The Hall–Kier alpha value is -3.50. The summed E-state index contributed by atoms with van der Waals surface area (Å²) in [4.78, 5) is 21.0. The molecule has 2 atom stereocenters. The molecule has 196 valence electrons. The maximum absolute atomic E-state index is 10.5. The monoisotopic (exact) mass is 498 g/mol. The van der Waals surface area contributed by atoms with E-state index in [4.69, 9.17) is 31.3 Å². The first-order chi connectivity index (χ1) is 17.0. The van der Waals surface area contributed by atoms with Crippen molar-refractivity contribution in [3.05, 3.63) is 0 Å². The highest BCUT2D eigenvalue weighted by Crippen LogP contribution is 2.24. The van der Waals surface area contributed by atoms with Crippen LogP contribution in [0.25, 0.3) is 0 Å². The minimum absolute atomic E-state index is 0.0389. The van der Waals surface area contributed by atoms with Gasteiger partial charge >= 0.3 is 11.9 Å². The molecule has 2 unspecified atom stereocenters. The van der Waals surface area contributed by atoms with Gasteiger partial charge in [-0.25, -0.2) is 0 Å². The Morgan fingerprint density at radius 2 is 1.00 bits per heavy atom. The van der Waals surface area contributed by atoms with E-state index < -0.39 is 23.0 Å². The molecular formula is C26H38N6O4. The van der Waals surface area contributed by atoms with Crippen LogP contribution in [0.4, 0.5) is 0 Å². The van der Waals surface area contributed by atoms with Crippen LogP contribution in [0.2, 0.25) is 0 Å². The molecule has 0 aromatic heterocycles. The van der Waals surface area contributed by atoms with E-state index in [1.807, 2.05) is 12.1 Å². The average molecular weight is 499 g/mol. The molecule has 0 aliphatic heterocycles. The summed E-state index contributed by atoms with van der Waals surface area (Å²) in [6.45, 7) is 2.82. The Labute approximate surface area is 214 Å². The molecule has 2 aliphatic rings. The summed E-state index contributed by atoms with van der Waals surface area (Å²) in [7, 11) is 0. The van der Waals surface area contributed by atoms with Gasteiger partial charge in [0.25, 0.3) is 0 Å². The van der Waals surface area contributed by atoms with E-state index in [-0.39, 0.29) is 25.7 Å². The van der Waals surface area contributed by atoms with E-state index >= 15 is 0 Å². The van der Waals surface area contributed by atoms with Crippen molar-refractivity contribution >= 4 is 11.9 Å². The molecule has 10 nitrogen and oxygen atoms in total. The first-order valence-corrected chi connectivity index (χ1v) is 12.5. The summed E-state index contributed by atoms with van der Waals surface area (Å²) in [5.41, 5.74) is -2.69. The van der Waals surface area contributed by atoms with Crippen LogP contribution in [-0.2, 0) is 9.59 Å². The molecule has 2 N–H and O–H groups in total. The van der Waals surface area contributed by atoms with Crippen LogP contribution in [0.15, 0.2) is 10.2 Å². The number of rotatable bonds is 8.